The number of phosphoric ester groups is 1. The lowest BCUT2D eigenvalue weighted by Gasteiger charge is -2.30. The Morgan fingerprint density at radius 1 is 0.376 bits per heavy atom. The first kappa shape index (κ1) is 89.9. The third kappa shape index (κ3) is 73.0. The summed E-state index contributed by atoms with van der Waals surface area (Å²) < 4.78 is 30.6. The van der Waals surface area contributed by atoms with E-state index in [1.807, 2.05) is 33.3 Å². The number of carbonyl (C=O) groups is 2. The Morgan fingerprint density at radius 3 is 1.00 bits per heavy atom. The van der Waals surface area contributed by atoms with Gasteiger partial charge in [0.1, 0.15) is 19.3 Å². The molecule has 0 radical (unpaired) electrons. The lowest BCUT2D eigenvalue weighted by molar-refractivity contribution is -0.870. The van der Waals surface area contributed by atoms with E-state index in [9.17, 15) is 19.0 Å². The minimum Gasteiger partial charge on any atom is -0.756 e. The normalized spacial score (nSPS) is 13.9. The monoisotopic (exact) mass is 1320 g/mol. The molecule has 10 heteroatoms. The number of nitrogens with zero attached hydrogens (tertiary/aromatic N) is 1. The van der Waals surface area contributed by atoms with Crippen LogP contribution < -0.4 is 10.2 Å². The van der Waals surface area contributed by atoms with Crippen LogP contribution in [0.1, 0.15) is 367 Å². The quantitative estimate of drug-likeness (QED) is 0.0212. The van der Waals surface area contributed by atoms with Gasteiger partial charge in [0.2, 0.25) is 5.91 Å². The van der Waals surface area contributed by atoms with Crippen LogP contribution >= 0.6 is 7.82 Å². The van der Waals surface area contributed by atoms with Crippen molar-refractivity contribution in [1.29, 1.82) is 0 Å². The average molecular weight is 1320 g/mol. The highest BCUT2D eigenvalue weighted by molar-refractivity contribution is 7.45. The number of ether oxygens (including phenoxy) is 1. The molecule has 0 aromatic rings. The van der Waals surface area contributed by atoms with Crippen LogP contribution in [-0.2, 0) is 27.9 Å². The van der Waals surface area contributed by atoms with Gasteiger partial charge in [-0.05, 0) is 115 Å². The predicted molar refractivity (Wildman–Crippen MR) is 404 cm³/mol. The second-order valence-electron chi connectivity index (χ2n) is 27.9. The van der Waals surface area contributed by atoms with Crippen molar-refractivity contribution in [2.75, 3.05) is 40.9 Å². The number of allylic oxidation sites excluding steroid dienone is 15. The number of carbonyl (C=O) groups excluding carboxylic acids is 2. The summed E-state index contributed by atoms with van der Waals surface area (Å²) in [5.41, 5.74) is 0. The molecular weight excluding hydrogens is 1170 g/mol. The molecule has 0 rings (SSSR count). The Morgan fingerprint density at radius 2 is 0.656 bits per heavy atom. The van der Waals surface area contributed by atoms with Crippen LogP contribution in [0, 0.1) is 0 Å². The molecule has 0 aliphatic heterocycles. The van der Waals surface area contributed by atoms with E-state index in [1.54, 1.807) is 0 Å². The van der Waals surface area contributed by atoms with Gasteiger partial charge in [0, 0.05) is 12.8 Å². The molecule has 0 saturated heterocycles. The minimum absolute atomic E-state index is 0.0253. The molecule has 0 spiro atoms. The Balaban J connectivity index is 4.99. The van der Waals surface area contributed by atoms with Crippen LogP contribution in [0.25, 0.3) is 0 Å². The Hall–Kier alpha value is -3.07. The molecule has 1 amide bonds. The van der Waals surface area contributed by atoms with Crippen molar-refractivity contribution in [1.82, 2.24) is 5.32 Å². The number of hydrogen-bond acceptors (Lipinski definition) is 7. The second kappa shape index (κ2) is 71.7. The molecule has 0 saturated carbocycles. The summed E-state index contributed by atoms with van der Waals surface area (Å²) in [7, 11) is 1.19. The third-order valence-electron chi connectivity index (χ3n) is 17.5. The van der Waals surface area contributed by atoms with Gasteiger partial charge in [0.05, 0.1) is 33.8 Å². The maximum Gasteiger partial charge on any atom is 0.306 e. The van der Waals surface area contributed by atoms with Crippen molar-refractivity contribution in [2.24, 2.45) is 0 Å². The van der Waals surface area contributed by atoms with Gasteiger partial charge in [-0.2, -0.15) is 0 Å². The molecule has 9 nitrogen and oxygen atoms in total. The summed E-state index contributed by atoms with van der Waals surface area (Å²) in [5, 5.41) is 3.05. The number of unbranched alkanes of at least 4 members (excludes halogenated alkanes) is 42. The first-order chi connectivity index (χ1) is 45.4. The number of esters is 1. The number of phosphoric acid groups is 1. The first-order valence-electron chi connectivity index (χ1n) is 39.5. The molecule has 0 fully saturated rings. The van der Waals surface area contributed by atoms with Gasteiger partial charge in [-0.3, -0.25) is 14.2 Å². The fourth-order valence-corrected chi connectivity index (χ4v) is 12.1. The summed E-state index contributed by atoms with van der Waals surface area (Å²) in [4.78, 5) is 40.4. The summed E-state index contributed by atoms with van der Waals surface area (Å²) in [6, 6.07) is -0.896. The van der Waals surface area contributed by atoms with Crippen LogP contribution in [0.15, 0.2) is 97.2 Å². The summed E-state index contributed by atoms with van der Waals surface area (Å²) in [6.07, 6.45) is 98.2. The molecule has 0 aromatic heterocycles. The molecule has 3 unspecified atom stereocenters. The zero-order chi connectivity index (χ0) is 67.8. The van der Waals surface area contributed by atoms with E-state index in [4.69, 9.17) is 13.8 Å². The Bertz CT molecular complexity index is 1910. The van der Waals surface area contributed by atoms with Crippen molar-refractivity contribution in [2.45, 2.75) is 380 Å². The standard InChI is InChI=1S/C83H151N2O7P/c1-7-10-13-16-19-22-25-28-30-32-34-36-38-40-42-44-46-48-50-52-54-57-60-63-66-69-72-75-82(86)84-80(79-91-93(88,89)90-78-77-85(4,5)6)81(74-71-68-65-62-59-56-27-24-21-18-15-12-9-3)92-83(87)76-73-70-67-64-61-58-55-53-51-49-47-45-43-41-39-37-35-33-31-29-26-23-20-17-14-11-8-2/h19-20,22-23,28-31,34-37,40,42,71,74,80-81H,7-18,21,24-27,32-33,38-39,41,43-70,72-73,75-79H2,1-6H3,(H-,84,86,88,89)/b22-19-,23-20-,30-28-,31-29-,36-34-,37-35-,42-40-,74-71+. The molecule has 0 aliphatic carbocycles. The Kier molecular flexibility index (Phi) is 69.3. The van der Waals surface area contributed by atoms with Gasteiger partial charge in [-0.1, -0.05) is 337 Å². The van der Waals surface area contributed by atoms with Crippen LogP contribution in [0.5, 0.6) is 0 Å². The predicted octanol–water partition coefficient (Wildman–Crippen LogP) is 25.2. The highest BCUT2D eigenvalue weighted by Crippen LogP contribution is 2.38. The molecule has 0 aliphatic rings. The highest BCUT2D eigenvalue weighted by atomic mass is 31.2. The van der Waals surface area contributed by atoms with Crippen molar-refractivity contribution in [3.63, 3.8) is 0 Å². The number of nitrogens with one attached hydrogen (secondary N) is 1. The maximum atomic E-state index is 13.7. The molecule has 0 heterocycles. The van der Waals surface area contributed by atoms with Crippen LogP contribution in [0.4, 0.5) is 0 Å². The minimum atomic E-state index is -4.71. The zero-order valence-corrected chi connectivity index (χ0v) is 62.8. The van der Waals surface area contributed by atoms with E-state index in [0.717, 1.165) is 96.3 Å². The van der Waals surface area contributed by atoms with Gasteiger partial charge in [-0.25, -0.2) is 0 Å². The van der Waals surface area contributed by atoms with Crippen molar-refractivity contribution in [3.8, 4) is 0 Å². The molecular formula is C83H151N2O7P. The fourth-order valence-electron chi connectivity index (χ4n) is 11.4. The first-order valence-corrected chi connectivity index (χ1v) is 41.0. The number of quaternary nitrogens is 1. The van der Waals surface area contributed by atoms with E-state index in [0.29, 0.717) is 17.4 Å². The van der Waals surface area contributed by atoms with Crippen molar-refractivity contribution < 1.29 is 37.3 Å². The number of rotatable bonds is 72. The van der Waals surface area contributed by atoms with E-state index < -0.39 is 26.6 Å². The van der Waals surface area contributed by atoms with E-state index in [1.165, 1.54) is 238 Å². The van der Waals surface area contributed by atoms with Gasteiger partial charge >= 0.3 is 5.97 Å². The lowest BCUT2D eigenvalue weighted by Crippen LogP contribution is -2.47. The van der Waals surface area contributed by atoms with Gasteiger partial charge < -0.3 is 28.5 Å². The van der Waals surface area contributed by atoms with E-state index in [2.05, 4.69) is 111 Å². The molecule has 93 heavy (non-hydrogen) atoms. The number of hydrogen-bond donors (Lipinski definition) is 1. The SMILES string of the molecule is CCCCC/C=C\C/C=C\C/C=C\C/C=C\CCCCCCCCCCCCCC(=O)NC(COP(=O)([O-])OCC[N+](C)(C)C)C(/C=C/CCCCCCCCCCCCC)OC(=O)CCCCCCCCCCCCCCCC/C=C\C/C=C\C/C=C\CCCCC. The van der Waals surface area contributed by atoms with Crippen LogP contribution in [-0.4, -0.2) is 69.4 Å². The second-order valence-corrected chi connectivity index (χ2v) is 29.3. The largest absolute Gasteiger partial charge is 0.756 e. The van der Waals surface area contributed by atoms with E-state index >= 15 is 0 Å². The molecule has 1 N–H and O–H groups in total. The highest BCUT2D eigenvalue weighted by Gasteiger charge is 2.27. The molecule has 0 aromatic carbocycles. The van der Waals surface area contributed by atoms with Gasteiger partial charge in [-0.15, -0.1) is 0 Å². The number of likely N-dealkylation sites (N-methyl/N-ethyl adjacent to an activating group) is 1. The summed E-state index contributed by atoms with van der Waals surface area (Å²) >= 11 is 0. The van der Waals surface area contributed by atoms with Gasteiger partial charge in [0.15, 0.2) is 0 Å². The molecule has 0 bridgehead atoms. The van der Waals surface area contributed by atoms with Crippen LogP contribution in [0.3, 0.4) is 0 Å². The van der Waals surface area contributed by atoms with Crippen molar-refractivity contribution >= 4 is 19.7 Å². The van der Waals surface area contributed by atoms with Crippen molar-refractivity contribution in [3.05, 3.63) is 97.2 Å². The topological polar surface area (TPSA) is 114 Å². The van der Waals surface area contributed by atoms with E-state index in [-0.39, 0.29) is 24.9 Å². The van der Waals surface area contributed by atoms with Crippen LogP contribution in [0.2, 0.25) is 0 Å². The average Bonchev–Trinajstić information content (AvgIpc) is 2.31. The third-order valence-corrected chi connectivity index (χ3v) is 18.5. The maximum absolute atomic E-state index is 13.7. The fraction of sp³-hybridized carbons (Fsp3) is 0.783. The molecule has 3 atom stereocenters. The zero-order valence-electron chi connectivity index (χ0n) is 61.9. The lowest BCUT2D eigenvalue weighted by atomic mass is 10.0. The number of amides is 1. The molecule has 540 valence electrons. The summed E-state index contributed by atoms with van der Waals surface area (Å²) in [6.45, 7) is 6.83. The Labute approximate surface area is 577 Å². The summed E-state index contributed by atoms with van der Waals surface area (Å²) in [5.74, 6) is -0.535. The van der Waals surface area contributed by atoms with Gasteiger partial charge in [0.25, 0.3) is 7.82 Å². The smallest absolute Gasteiger partial charge is 0.306 e.